The number of aromatic nitrogens is 2. The Morgan fingerprint density at radius 1 is 1.42 bits per heavy atom. The van der Waals surface area contributed by atoms with Gasteiger partial charge in [0.05, 0.1) is 0 Å². The van der Waals surface area contributed by atoms with Crippen molar-refractivity contribution in [2.45, 2.75) is 25.8 Å². The summed E-state index contributed by atoms with van der Waals surface area (Å²) in [4.78, 5) is 10.7. The van der Waals surface area contributed by atoms with Crippen LogP contribution in [0.25, 0.3) is 0 Å². The van der Waals surface area contributed by atoms with E-state index in [9.17, 15) is 0 Å². The van der Waals surface area contributed by atoms with Gasteiger partial charge in [0.1, 0.15) is 0 Å². The molecule has 1 aliphatic rings. The average Bonchev–Trinajstić information content (AvgIpc) is 2.53. The fraction of sp³-hybridized carbons (Fsp3) is 0.556. The quantitative estimate of drug-likeness (QED) is 0.627. The molecule has 0 N–H and O–H groups in total. The SMILES string of the molecule is CC1CCCN1c1ncccn1. The maximum absolute atomic E-state index is 4.23. The van der Waals surface area contributed by atoms with Crippen LogP contribution >= 0.6 is 0 Å². The average molecular weight is 163 g/mol. The lowest BCUT2D eigenvalue weighted by Crippen LogP contribution is -2.27. The molecule has 3 heteroatoms. The van der Waals surface area contributed by atoms with Gasteiger partial charge in [-0.3, -0.25) is 0 Å². The molecule has 0 amide bonds. The van der Waals surface area contributed by atoms with Gasteiger partial charge in [-0.15, -0.1) is 0 Å². The van der Waals surface area contributed by atoms with E-state index < -0.39 is 0 Å². The minimum atomic E-state index is 0.604. The summed E-state index contributed by atoms with van der Waals surface area (Å²) in [6.07, 6.45) is 6.12. The summed E-state index contributed by atoms with van der Waals surface area (Å²) in [5.74, 6) is 0.877. The summed E-state index contributed by atoms with van der Waals surface area (Å²) in [6.45, 7) is 3.33. The van der Waals surface area contributed by atoms with Crippen LogP contribution in [0.3, 0.4) is 0 Å². The molecule has 1 aromatic rings. The second kappa shape index (κ2) is 3.09. The van der Waals surface area contributed by atoms with E-state index in [1.165, 1.54) is 12.8 Å². The van der Waals surface area contributed by atoms with Crippen LogP contribution in [-0.4, -0.2) is 22.6 Å². The van der Waals surface area contributed by atoms with Crippen molar-refractivity contribution in [3.05, 3.63) is 18.5 Å². The van der Waals surface area contributed by atoms with Crippen LogP contribution in [0.2, 0.25) is 0 Å². The Morgan fingerprint density at radius 2 is 2.17 bits per heavy atom. The molecule has 0 spiro atoms. The van der Waals surface area contributed by atoms with E-state index in [1.807, 2.05) is 6.07 Å². The monoisotopic (exact) mass is 163 g/mol. The van der Waals surface area contributed by atoms with Gasteiger partial charge in [-0.05, 0) is 25.8 Å². The second-order valence-corrected chi connectivity index (χ2v) is 3.23. The topological polar surface area (TPSA) is 29.0 Å². The molecule has 1 aromatic heterocycles. The molecule has 0 aromatic carbocycles. The minimum Gasteiger partial charge on any atom is -0.338 e. The number of hydrogen-bond acceptors (Lipinski definition) is 3. The Morgan fingerprint density at radius 3 is 2.75 bits per heavy atom. The summed E-state index contributed by atoms with van der Waals surface area (Å²) in [7, 11) is 0. The van der Waals surface area contributed by atoms with Gasteiger partial charge in [0.2, 0.25) is 5.95 Å². The summed E-state index contributed by atoms with van der Waals surface area (Å²) in [5, 5.41) is 0. The van der Waals surface area contributed by atoms with Crippen LogP contribution in [0, 0.1) is 0 Å². The Balaban J connectivity index is 2.19. The number of anilines is 1. The van der Waals surface area contributed by atoms with Crippen LogP contribution in [0.4, 0.5) is 5.95 Å². The van der Waals surface area contributed by atoms with E-state index in [-0.39, 0.29) is 0 Å². The lowest BCUT2D eigenvalue weighted by Gasteiger charge is -2.20. The maximum atomic E-state index is 4.23. The van der Waals surface area contributed by atoms with Gasteiger partial charge in [0, 0.05) is 25.0 Å². The van der Waals surface area contributed by atoms with E-state index in [2.05, 4.69) is 21.8 Å². The Labute approximate surface area is 72.4 Å². The molecule has 0 bridgehead atoms. The lowest BCUT2D eigenvalue weighted by atomic mass is 10.2. The molecule has 2 rings (SSSR count). The van der Waals surface area contributed by atoms with Crippen LogP contribution in [0.5, 0.6) is 0 Å². The van der Waals surface area contributed by atoms with Crippen molar-refractivity contribution < 1.29 is 0 Å². The molecule has 1 atom stereocenters. The molecule has 0 aliphatic carbocycles. The number of nitrogens with zero attached hydrogens (tertiary/aromatic N) is 3. The first kappa shape index (κ1) is 7.53. The third kappa shape index (κ3) is 1.26. The normalized spacial score (nSPS) is 23.1. The van der Waals surface area contributed by atoms with Crippen molar-refractivity contribution in [1.82, 2.24) is 9.97 Å². The minimum absolute atomic E-state index is 0.604. The van der Waals surface area contributed by atoms with Gasteiger partial charge in [-0.1, -0.05) is 0 Å². The largest absolute Gasteiger partial charge is 0.338 e. The van der Waals surface area contributed by atoms with Crippen molar-refractivity contribution in [1.29, 1.82) is 0 Å². The van der Waals surface area contributed by atoms with Gasteiger partial charge < -0.3 is 4.90 Å². The summed E-state index contributed by atoms with van der Waals surface area (Å²) < 4.78 is 0. The highest BCUT2D eigenvalue weighted by atomic mass is 15.3. The Kier molecular flexibility index (Phi) is 1.94. The van der Waals surface area contributed by atoms with Crippen LogP contribution in [-0.2, 0) is 0 Å². The molecule has 12 heavy (non-hydrogen) atoms. The molecular formula is C9H13N3. The van der Waals surface area contributed by atoms with Crippen LogP contribution in [0.15, 0.2) is 18.5 Å². The smallest absolute Gasteiger partial charge is 0.225 e. The molecule has 3 nitrogen and oxygen atoms in total. The first-order valence-electron chi connectivity index (χ1n) is 4.41. The third-order valence-corrected chi connectivity index (χ3v) is 2.36. The van der Waals surface area contributed by atoms with E-state index in [0.29, 0.717) is 6.04 Å². The Hall–Kier alpha value is -1.12. The predicted molar refractivity (Wildman–Crippen MR) is 48.1 cm³/mol. The van der Waals surface area contributed by atoms with Gasteiger partial charge in [-0.2, -0.15) is 0 Å². The molecule has 1 saturated heterocycles. The summed E-state index contributed by atoms with van der Waals surface area (Å²) in [6, 6.07) is 2.46. The highest BCUT2D eigenvalue weighted by Crippen LogP contribution is 2.20. The molecule has 2 heterocycles. The van der Waals surface area contributed by atoms with Gasteiger partial charge in [0.15, 0.2) is 0 Å². The zero-order valence-electron chi connectivity index (χ0n) is 7.27. The second-order valence-electron chi connectivity index (χ2n) is 3.23. The number of rotatable bonds is 1. The highest BCUT2D eigenvalue weighted by Gasteiger charge is 2.21. The predicted octanol–water partition coefficient (Wildman–Crippen LogP) is 1.47. The fourth-order valence-corrected chi connectivity index (χ4v) is 1.67. The fourth-order valence-electron chi connectivity index (χ4n) is 1.67. The van der Waals surface area contributed by atoms with Crippen molar-refractivity contribution in [2.24, 2.45) is 0 Å². The van der Waals surface area contributed by atoms with Crippen molar-refractivity contribution in [2.75, 3.05) is 11.4 Å². The first-order chi connectivity index (χ1) is 5.88. The van der Waals surface area contributed by atoms with E-state index in [4.69, 9.17) is 0 Å². The molecule has 1 unspecified atom stereocenters. The van der Waals surface area contributed by atoms with Crippen molar-refractivity contribution in [3.8, 4) is 0 Å². The summed E-state index contributed by atoms with van der Waals surface area (Å²) >= 11 is 0. The molecular weight excluding hydrogens is 150 g/mol. The highest BCUT2D eigenvalue weighted by molar-refractivity contribution is 5.31. The zero-order valence-corrected chi connectivity index (χ0v) is 7.27. The third-order valence-electron chi connectivity index (χ3n) is 2.36. The number of hydrogen-bond donors (Lipinski definition) is 0. The molecule has 0 radical (unpaired) electrons. The van der Waals surface area contributed by atoms with Crippen LogP contribution < -0.4 is 4.90 Å². The van der Waals surface area contributed by atoms with E-state index >= 15 is 0 Å². The maximum Gasteiger partial charge on any atom is 0.225 e. The standard InChI is InChI=1S/C9H13N3/c1-8-4-2-7-12(8)9-10-5-3-6-11-9/h3,5-6,8H,2,4,7H2,1H3. The van der Waals surface area contributed by atoms with Gasteiger partial charge in [0.25, 0.3) is 0 Å². The van der Waals surface area contributed by atoms with Crippen molar-refractivity contribution >= 4 is 5.95 Å². The molecule has 1 fully saturated rings. The lowest BCUT2D eigenvalue weighted by molar-refractivity contribution is 0.717. The zero-order chi connectivity index (χ0) is 8.39. The Bertz CT molecular complexity index is 247. The van der Waals surface area contributed by atoms with Gasteiger partial charge in [-0.25, -0.2) is 9.97 Å². The van der Waals surface area contributed by atoms with Crippen LogP contribution in [0.1, 0.15) is 19.8 Å². The molecule has 0 saturated carbocycles. The first-order valence-corrected chi connectivity index (χ1v) is 4.41. The van der Waals surface area contributed by atoms with Gasteiger partial charge >= 0.3 is 0 Å². The van der Waals surface area contributed by atoms with Crippen molar-refractivity contribution in [3.63, 3.8) is 0 Å². The van der Waals surface area contributed by atoms with E-state index in [0.717, 1.165) is 12.5 Å². The summed E-state index contributed by atoms with van der Waals surface area (Å²) in [5.41, 5.74) is 0. The molecule has 64 valence electrons. The molecule has 1 aliphatic heterocycles. The van der Waals surface area contributed by atoms with E-state index in [1.54, 1.807) is 12.4 Å².